The predicted molar refractivity (Wildman–Crippen MR) is 72.0 cm³/mol. The number of hydrogen-bond acceptors (Lipinski definition) is 2. The average molecular weight is 298 g/mol. The minimum Gasteiger partial charge on any atom is -0.481 e. The fourth-order valence-electron chi connectivity index (χ4n) is 2.44. The Kier molecular flexibility index (Phi) is 4.40. The third-order valence-corrected chi connectivity index (χ3v) is 3.64. The highest BCUT2D eigenvalue weighted by molar-refractivity contribution is 5.90. The number of halogens is 2. The lowest BCUT2D eigenvalue weighted by molar-refractivity contribution is -0.141. The number of anilines is 1. The number of nitrogens with one attached hydrogen (secondary N) is 2. The molecule has 0 spiro atoms. The van der Waals surface area contributed by atoms with Crippen molar-refractivity contribution in [3.8, 4) is 0 Å². The number of amides is 2. The molecule has 0 heterocycles. The standard InChI is InChI=1S/C14H16F2N2O3/c1-7-2-5-10(15)12(11(7)16)18-14(21)17-9-4-3-8(6-9)13(19)20/h2,5,8-9H,3-4,6H2,1H3,(H,19,20)(H2,17,18,21). The number of urea groups is 1. The van der Waals surface area contributed by atoms with Gasteiger partial charge in [-0.2, -0.15) is 0 Å². The lowest BCUT2D eigenvalue weighted by Gasteiger charge is -2.14. The van der Waals surface area contributed by atoms with Crippen LogP contribution >= 0.6 is 0 Å². The van der Waals surface area contributed by atoms with E-state index in [0.717, 1.165) is 6.07 Å². The van der Waals surface area contributed by atoms with Gasteiger partial charge in [-0.3, -0.25) is 4.79 Å². The molecule has 2 unspecified atom stereocenters. The molecule has 1 fully saturated rings. The predicted octanol–water partition coefficient (Wildman–Crippen LogP) is 2.65. The Balaban J connectivity index is 1.97. The van der Waals surface area contributed by atoms with E-state index in [9.17, 15) is 18.4 Å². The Morgan fingerprint density at radius 1 is 1.29 bits per heavy atom. The average Bonchev–Trinajstić information content (AvgIpc) is 2.88. The summed E-state index contributed by atoms with van der Waals surface area (Å²) in [7, 11) is 0. The number of carbonyl (C=O) groups is 2. The summed E-state index contributed by atoms with van der Waals surface area (Å²) in [5.74, 6) is -3.05. The highest BCUT2D eigenvalue weighted by Gasteiger charge is 2.30. The van der Waals surface area contributed by atoms with Gasteiger partial charge in [-0.1, -0.05) is 6.07 Å². The molecule has 5 nitrogen and oxygen atoms in total. The van der Waals surface area contributed by atoms with Crippen LogP contribution in [0.2, 0.25) is 0 Å². The van der Waals surface area contributed by atoms with Crippen molar-refractivity contribution in [1.82, 2.24) is 5.32 Å². The molecule has 1 aromatic rings. The highest BCUT2D eigenvalue weighted by atomic mass is 19.1. The molecule has 0 saturated heterocycles. The van der Waals surface area contributed by atoms with Gasteiger partial charge in [-0.15, -0.1) is 0 Å². The first kappa shape index (κ1) is 15.2. The van der Waals surface area contributed by atoms with E-state index in [2.05, 4.69) is 10.6 Å². The zero-order valence-corrected chi connectivity index (χ0v) is 11.5. The lowest BCUT2D eigenvalue weighted by Crippen LogP contribution is -2.37. The molecule has 2 rings (SSSR count). The fraction of sp³-hybridized carbons (Fsp3) is 0.429. The van der Waals surface area contributed by atoms with E-state index < -0.39 is 35.2 Å². The van der Waals surface area contributed by atoms with Crippen LogP contribution in [-0.4, -0.2) is 23.1 Å². The fourth-order valence-corrected chi connectivity index (χ4v) is 2.44. The monoisotopic (exact) mass is 298 g/mol. The van der Waals surface area contributed by atoms with Crippen molar-refractivity contribution >= 4 is 17.7 Å². The van der Waals surface area contributed by atoms with Gasteiger partial charge in [-0.05, 0) is 37.8 Å². The number of carbonyl (C=O) groups excluding carboxylic acids is 1. The van der Waals surface area contributed by atoms with Crippen LogP contribution in [0.1, 0.15) is 24.8 Å². The van der Waals surface area contributed by atoms with Crippen molar-refractivity contribution in [1.29, 1.82) is 0 Å². The van der Waals surface area contributed by atoms with Gasteiger partial charge in [0, 0.05) is 6.04 Å². The van der Waals surface area contributed by atoms with Crippen molar-refractivity contribution in [3.05, 3.63) is 29.3 Å². The Morgan fingerprint density at radius 3 is 2.62 bits per heavy atom. The van der Waals surface area contributed by atoms with E-state index in [1.54, 1.807) is 0 Å². The first-order valence-corrected chi connectivity index (χ1v) is 6.63. The van der Waals surface area contributed by atoms with Crippen LogP contribution in [0.5, 0.6) is 0 Å². The maximum absolute atomic E-state index is 13.7. The van der Waals surface area contributed by atoms with Crippen LogP contribution in [0.3, 0.4) is 0 Å². The van der Waals surface area contributed by atoms with E-state index in [4.69, 9.17) is 5.11 Å². The van der Waals surface area contributed by atoms with Gasteiger partial charge in [-0.25, -0.2) is 13.6 Å². The van der Waals surface area contributed by atoms with Gasteiger partial charge in [0.25, 0.3) is 0 Å². The first-order chi connectivity index (χ1) is 9.88. The largest absolute Gasteiger partial charge is 0.481 e. The molecule has 1 saturated carbocycles. The Hall–Kier alpha value is -2.18. The van der Waals surface area contributed by atoms with Gasteiger partial charge in [0.15, 0.2) is 5.82 Å². The van der Waals surface area contributed by atoms with Crippen LogP contribution < -0.4 is 10.6 Å². The molecule has 1 aliphatic carbocycles. The number of aliphatic carboxylic acids is 1. The van der Waals surface area contributed by atoms with Crippen molar-refractivity contribution in [2.45, 2.75) is 32.2 Å². The molecule has 0 bridgehead atoms. The minimum atomic E-state index is -0.893. The summed E-state index contributed by atoms with van der Waals surface area (Å²) in [6.45, 7) is 1.46. The smallest absolute Gasteiger partial charge is 0.319 e. The van der Waals surface area contributed by atoms with E-state index >= 15 is 0 Å². The summed E-state index contributed by atoms with van der Waals surface area (Å²) >= 11 is 0. The van der Waals surface area contributed by atoms with Gasteiger partial charge in [0.05, 0.1) is 5.92 Å². The zero-order valence-electron chi connectivity index (χ0n) is 11.5. The van der Waals surface area contributed by atoms with E-state index in [-0.39, 0.29) is 11.6 Å². The Morgan fingerprint density at radius 2 is 2.00 bits per heavy atom. The van der Waals surface area contributed by atoms with Gasteiger partial charge in [0.1, 0.15) is 11.5 Å². The topological polar surface area (TPSA) is 78.4 Å². The van der Waals surface area contributed by atoms with E-state index in [1.165, 1.54) is 13.0 Å². The molecule has 1 aliphatic rings. The molecular weight excluding hydrogens is 282 g/mol. The third-order valence-electron chi connectivity index (χ3n) is 3.64. The maximum Gasteiger partial charge on any atom is 0.319 e. The van der Waals surface area contributed by atoms with Crippen LogP contribution in [0.25, 0.3) is 0 Å². The van der Waals surface area contributed by atoms with Crippen molar-refractivity contribution < 1.29 is 23.5 Å². The molecule has 0 aromatic heterocycles. The molecule has 2 atom stereocenters. The summed E-state index contributed by atoms with van der Waals surface area (Å²) in [5.41, 5.74) is -0.279. The van der Waals surface area contributed by atoms with Gasteiger partial charge >= 0.3 is 12.0 Å². The maximum atomic E-state index is 13.7. The highest BCUT2D eigenvalue weighted by Crippen LogP contribution is 2.26. The van der Waals surface area contributed by atoms with Crippen LogP contribution in [0, 0.1) is 24.5 Å². The van der Waals surface area contributed by atoms with Crippen LogP contribution in [0.15, 0.2) is 12.1 Å². The molecule has 2 amide bonds. The summed E-state index contributed by atoms with van der Waals surface area (Å²) in [6, 6.07) is 1.31. The molecule has 114 valence electrons. The summed E-state index contributed by atoms with van der Waals surface area (Å²) < 4.78 is 27.3. The normalized spacial score (nSPS) is 21.1. The van der Waals surface area contributed by atoms with Crippen molar-refractivity contribution in [3.63, 3.8) is 0 Å². The third kappa shape index (κ3) is 3.48. The van der Waals surface area contributed by atoms with Crippen molar-refractivity contribution in [2.75, 3.05) is 5.32 Å². The Labute approximate surface area is 120 Å². The molecule has 0 aliphatic heterocycles. The molecule has 0 radical (unpaired) electrons. The summed E-state index contributed by atoms with van der Waals surface area (Å²) in [5, 5.41) is 13.6. The second kappa shape index (κ2) is 6.07. The number of carboxylic acid groups (broad SMARTS) is 1. The summed E-state index contributed by atoms with van der Waals surface area (Å²) in [6.07, 6.45) is 1.33. The second-order valence-electron chi connectivity index (χ2n) is 5.20. The second-order valence-corrected chi connectivity index (χ2v) is 5.20. The van der Waals surface area contributed by atoms with Gasteiger partial charge in [0.2, 0.25) is 0 Å². The number of carboxylic acids is 1. The molecule has 7 heteroatoms. The molecular formula is C14H16F2N2O3. The molecule has 1 aromatic carbocycles. The zero-order chi connectivity index (χ0) is 15.6. The van der Waals surface area contributed by atoms with Crippen LogP contribution in [0.4, 0.5) is 19.3 Å². The minimum absolute atomic E-state index is 0.221. The number of benzene rings is 1. The number of rotatable bonds is 3. The van der Waals surface area contributed by atoms with Crippen LogP contribution in [-0.2, 0) is 4.79 Å². The molecule has 21 heavy (non-hydrogen) atoms. The van der Waals surface area contributed by atoms with E-state index in [1.807, 2.05) is 0 Å². The Bertz CT molecular complexity index is 578. The lowest BCUT2D eigenvalue weighted by atomic mass is 10.1. The summed E-state index contributed by atoms with van der Waals surface area (Å²) in [4.78, 5) is 22.6. The number of hydrogen-bond donors (Lipinski definition) is 3. The molecule has 3 N–H and O–H groups in total. The van der Waals surface area contributed by atoms with Crippen molar-refractivity contribution in [2.24, 2.45) is 5.92 Å². The SMILES string of the molecule is Cc1ccc(F)c(NC(=O)NC2CCC(C(=O)O)C2)c1F. The number of aryl methyl sites for hydroxylation is 1. The van der Waals surface area contributed by atoms with Gasteiger partial charge < -0.3 is 15.7 Å². The quantitative estimate of drug-likeness (QED) is 0.802. The van der Waals surface area contributed by atoms with E-state index in [0.29, 0.717) is 19.3 Å². The first-order valence-electron chi connectivity index (χ1n) is 6.63.